The van der Waals surface area contributed by atoms with E-state index in [2.05, 4.69) is 6.58 Å². The highest BCUT2D eigenvalue weighted by Crippen LogP contribution is 2.29. The van der Waals surface area contributed by atoms with E-state index in [0.717, 1.165) is 0 Å². The van der Waals surface area contributed by atoms with Gasteiger partial charge in [0.25, 0.3) is 11.2 Å². The molecule has 0 radical (unpaired) electrons. The van der Waals surface area contributed by atoms with E-state index in [-0.39, 0.29) is 12.1 Å². The van der Waals surface area contributed by atoms with Crippen LogP contribution in [0.1, 0.15) is 6.42 Å². The lowest BCUT2D eigenvalue weighted by Crippen LogP contribution is -2.55. The molecule has 0 aromatic carbocycles. The lowest BCUT2D eigenvalue weighted by Gasteiger charge is -2.26. The van der Waals surface area contributed by atoms with Crippen molar-refractivity contribution in [1.29, 1.82) is 0 Å². The van der Waals surface area contributed by atoms with Crippen molar-refractivity contribution < 1.29 is 9.85 Å². The van der Waals surface area contributed by atoms with Crippen LogP contribution in [-0.4, -0.2) is 21.4 Å². The molecule has 0 aromatic heterocycles. The molecule has 7 heteroatoms. The highest BCUT2D eigenvalue weighted by Gasteiger charge is 2.52. The minimum atomic E-state index is -1.67. The van der Waals surface area contributed by atoms with Crippen LogP contribution in [0.3, 0.4) is 0 Å². The molecule has 0 aliphatic heterocycles. The monoisotopic (exact) mass is 225 g/mol. The van der Waals surface area contributed by atoms with Gasteiger partial charge in [-0.3, -0.25) is 20.2 Å². The van der Waals surface area contributed by atoms with Gasteiger partial charge < -0.3 is 5.73 Å². The Labute approximate surface area is 91.2 Å². The molecule has 1 aliphatic rings. The van der Waals surface area contributed by atoms with Gasteiger partial charge in [-0.25, -0.2) is 0 Å². The van der Waals surface area contributed by atoms with Gasteiger partial charge in [-0.15, -0.1) is 6.58 Å². The minimum Gasteiger partial charge on any atom is -0.312 e. The fraction of sp³-hybridized carbons (Fsp3) is 0.333. The molecule has 0 heterocycles. The first-order chi connectivity index (χ1) is 7.45. The van der Waals surface area contributed by atoms with Crippen LogP contribution in [0, 0.1) is 20.2 Å². The predicted molar refractivity (Wildman–Crippen MR) is 56.7 cm³/mol. The summed E-state index contributed by atoms with van der Waals surface area (Å²) in [7, 11) is 0. The Bertz CT molecular complexity index is 402. The maximum atomic E-state index is 11.0. The van der Waals surface area contributed by atoms with Gasteiger partial charge in [0, 0.05) is 17.4 Å². The van der Waals surface area contributed by atoms with Crippen LogP contribution >= 0.6 is 0 Å². The normalized spacial score (nSPS) is 28.3. The summed E-state index contributed by atoms with van der Waals surface area (Å²) in [5.74, 6) is 0. The Morgan fingerprint density at radius 3 is 2.62 bits per heavy atom. The van der Waals surface area contributed by atoms with Crippen LogP contribution in [0.4, 0.5) is 0 Å². The average molecular weight is 225 g/mol. The van der Waals surface area contributed by atoms with Crippen molar-refractivity contribution in [2.45, 2.75) is 18.0 Å². The molecule has 7 nitrogen and oxygen atoms in total. The first kappa shape index (κ1) is 12.1. The first-order valence-electron chi connectivity index (χ1n) is 4.50. The summed E-state index contributed by atoms with van der Waals surface area (Å²) in [5.41, 5.74) is 3.57. The smallest absolute Gasteiger partial charge is 0.270 e. The number of nitro groups is 2. The Morgan fingerprint density at radius 2 is 2.19 bits per heavy atom. The van der Waals surface area contributed by atoms with Gasteiger partial charge >= 0.3 is 0 Å². The van der Waals surface area contributed by atoms with E-state index in [4.69, 9.17) is 5.73 Å². The van der Waals surface area contributed by atoms with E-state index in [1.165, 1.54) is 24.3 Å². The number of hydrogen-bond donors (Lipinski definition) is 1. The molecule has 2 atom stereocenters. The number of allylic oxidation sites excluding steroid dienone is 2. The molecule has 0 aromatic rings. The Morgan fingerprint density at radius 1 is 1.56 bits per heavy atom. The van der Waals surface area contributed by atoms with Crippen LogP contribution in [0.2, 0.25) is 0 Å². The van der Waals surface area contributed by atoms with Crippen LogP contribution in [0.15, 0.2) is 36.6 Å². The van der Waals surface area contributed by atoms with E-state index in [1.54, 1.807) is 0 Å². The number of nitrogens with zero attached hydrogens (tertiary/aromatic N) is 2. The minimum absolute atomic E-state index is 0.0527. The molecule has 2 unspecified atom stereocenters. The molecule has 2 N–H and O–H groups in total. The summed E-state index contributed by atoms with van der Waals surface area (Å²) in [4.78, 5) is 20.4. The van der Waals surface area contributed by atoms with Crippen molar-refractivity contribution in [3.05, 3.63) is 56.8 Å². The van der Waals surface area contributed by atoms with Crippen molar-refractivity contribution in [3.8, 4) is 0 Å². The highest BCUT2D eigenvalue weighted by molar-refractivity contribution is 5.28. The van der Waals surface area contributed by atoms with E-state index in [9.17, 15) is 20.2 Å². The third kappa shape index (κ3) is 1.72. The van der Waals surface area contributed by atoms with Gasteiger partial charge in [0.05, 0.1) is 4.92 Å². The van der Waals surface area contributed by atoms with Crippen molar-refractivity contribution in [2.24, 2.45) is 5.73 Å². The average Bonchev–Trinajstić information content (AvgIpc) is 2.20. The summed E-state index contributed by atoms with van der Waals surface area (Å²) in [6.45, 7) is 3.40. The topological polar surface area (TPSA) is 112 Å². The number of hydrogen-bond acceptors (Lipinski definition) is 5. The van der Waals surface area contributed by atoms with Crippen molar-refractivity contribution in [2.75, 3.05) is 0 Å². The zero-order valence-electron chi connectivity index (χ0n) is 8.41. The van der Waals surface area contributed by atoms with Crippen LogP contribution in [0.25, 0.3) is 0 Å². The second kappa shape index (κ2) is 4.23. The molecule has 0 fully saturated rings. The van der Waals surface area contributed by atoms with Gasteiger partial charge in [0.1, 0.15) is 0 Å². The summed E-state index contributed by atoms with van der Waals surface area (Å²) in [6.07, 6.45) is 5.01. The molecular formula is C9H11N3O4. The third-order valence-corrected chi connectivity index (χ3v) is 2.53. The quantitative estimate of drug-likeness (QED) is 0.428. The summed E-state index contributed by atoms with van der Waals surface area (Å²) < 4.78 is 0. The molecule has 0 amide bonds. The van der Waals surface area contributed by atoms with Gasteiger partial charge in [0.15, 0.2) is 6.04 Å². The van der Waals surface area contributed by atoms with Gasteiger partial charge in [-0.1, -0.05) is 12.2 Å². The van der Waals surface area contributed by atoms with Crippen LogP contribution in [-0.2, 0) is 0 Å². The standard InChI is InChI=1S/C9H11N3O4/c1-2-5-9(12(15)16)6-3-4-7(8(9)10)11(13)14/h2-4,6,8H,1,5,10H2. The van der Waals surface area contributed by atoms with Gasteiger partial charge in [-0.05, 0) is 6.08 Å². The molecular weight excluding hydrogens is 214 g/mol. The predicted octanol–water partition coefficient (Wildman–Crippen LogP) is 0.636. The SMILES string of the molecule is C=CCC1([N+](=O)[O-])C=CC=C([N+](=O)[O-])C1N. The molecule has 0 bridgehead atoms. The fourth-order valence-corrected chi connectivity index (χ4v) is 1.63. The van der Waals surface area contributed by atoms with Crippen molar-refractivity contribution in [3.63, 3.8) is 0 Å². The third-order valence-electron chi connectivity index (χ3n) is 2.53. The number of nitrogens with two attached hydrogens (primary N) is 1. The lowest BCUT2D eigenvalue weighted by molar-refractivity contribution is -0.563. The molecule has 16 heavy (non-hydrogen) atoms. The van der Waals surface area contributed by atoms with Crippen molar-refractivity contribution >= 4 is 0 Å². The van der Waals surface area contributed by atoms with Gasteiger partial charge in [-0.2, -0.15) is 0 Å². The van der Waals surface area contributed by atoms with E-state index in [1.807, 2.05) is 0 Å². The summed E-state index contributed by atoms with van der Waals surface area (Å²) in [5, 5.41) is 21.7. The second-order valence-corrected chi connectivity index (χ2v) is 3.43. The Balaban J connectivity index is 3.20. The van der Waals surface area contributed by atoms with Gasteiger partial charge in [0.2, 0.25) is 0 Å². The molecule has 0 saturated heterocycles. The maximum absolute atomic E-state index is 11.0. The lowest BCUT2D eigenvalue weighted by atomic mass is 9.82. The Hall–Kier alpha value is -2.02. The second-order valence-electron chi connectivity index (χ2n) is 3.43. The molecule has 1 aliphatic carbocycles. The molecule has 1 rings (SSSR count). The van der Waals surface area contributed by atoms with Crippen LogP contribution in [0.5, 0.6) is 0 Å². The highest BCUT2D eigenvalue weighted by atomic mass is 16.6. The zero-order valence-corrected chi connectivity index (χ0v) is 8.41. The maximum Gasteiger partial charge on any atom is 0.270 e. The Kier molecular flexibility index (Phi) is 3.19. The largest absolute Gasteiger partial charge is 0.312 e. The van der Waals surface area contributed by atoms with E-state index >= 15 is 0 Å². The fourth-order valence-electron chi connectivity index (χ4n) is 1.63. The first-order valence-corrected chi connectivity index (χ1v) is 4.50. The summed E-state index contributed by atoms with van der Waals surface area (Å²) >= 11 is 0. The van der Waals surface area contributed by atoms with E-state index in [0.29, 0.717) is 0 Å². The molecule has 0 spiro atoms. The summed E-state index contributed by atoms with van der Waals surface area (Å²) in [6, 6.07) is -1.28. The zero-order chi connectivity index (χ0) is 12.3. The molecule has 0 saturated carbocycles. The number of rotatable bonds is 4. The van der Waals surface area contributed by atoms with Crippen LogP contribution < -0.4 is 5.73 Å². The van der Waals surface area contributed by atoms with Crippen molar-refractivity contribution in [1.82, 2.24) is 0 Å². The molecule has 86 valence electrons. The van der Waals surface area contributed by atoms with E-state index < -0.39 is 21.4 Å².